The van der Waals surface area contributed by atoms with E-state index in [4.69, 9.17) is 9.84 Å². The second-order valence-corrected chi connectivity index (χ2v) is 7.81. The second kappa shape index (κ2) is 29.7. The lowest BCUT2D eigenvalue weighted by Crippen LogP contribution is -2.33. The van der Waals surface area contributed by atoms with Gasteiger partial charge in [-0.2, -0.15) is 0 Å². The summed E-state index contributed by atoms with van der Waals surface area (Å²) in [6.07, 6.45) is 4.56. The van der Waals surface area contributed by atoms with E-state index in [9.17, 15) is 14.4 Å². The number of likely N-dealkylation sites (tertiary alicyclic amines) is 1. The minimum atomic E-state index is -0.565. The molecule has 2 N–H and O–H groups in total. The van der Waals surface area contributed by atoms with E-state index in [1.165, 1.54) is 12.8 Å². The Hall–Kier alpha value is -1.47. The van der Waals surface area contributed by atoms with Gasteiger partial charge in [0.2, 0.25) is 0 Å². The van der Waals surface area contributed by atoms with Crippen LogP contribution in [0.25, 0.3) is 0 Å². The number of ether oxygens (including phenoxy) is 1. The molecular weight excluding hydrogens is 384 g/mol. The first-order valence-electron chi connectivity index (χ1n) is 11.0. The van der Waals surface area contributed by atoms with Crippen LogP contribution < -0.4 is 5.32 Å². The van der Waals surface area contributed by atoms with Crippen LogP contribution in [0.1, 0.15) is 88.5 Å². The molecular formula is C23H52N2O5. The van der Waals surface area contributed by atoms with E-state index < -0.39 is 11.7 Å². The second-order valence-electron chi connectivity index (χ2n) is 7.81. The van der Waals surface area contributed by atoms with Crippen LogP contribution in [-0.2, 0) is 14.3 Å². The van der Waals surface area contributed by atoms with E-state index in [2.05, 4.69) is 44.8 Å². The van der Waals surface area contributed by atoms with Gasteiger partial charge >= 0.3 is 6.09 Å². The van der Waals surface area contributed by atoms with Gasteiger partial charge in [0.15, 0.2) is 0 Å². The molecule has 0 aromatic heterocycles. The fourth-order valence-corrected chi connectivity index (χ4v) is 1.55. The van der Waals surface area contributed by atoms with Crippen LogP contribution in [0.15, 0.2) is 0 Å². The van der Waals surface area contributed by atoms with Crippen molar-refractivity contribution in [3.8, 4) is 0 Å². The number of likely N-dealkylation sites (N-methyl/N-ethyl adjacent to an activating group) is 1. The van der Waals surface area contributed by atoms with E-state index in [-0.39, 0.29) is 12.6 Å². The summed E-state index contributed by atoms with van der Waals surface area (Å²) in [7, 11) is 2.99. The molecule has 0 aromatic rings. The van der Waals surface area contributed by atoms with E-state index in [1.54, 1.807) is 20.8 Å². The summed E-state index contributed by atoms with van der Waals surface area (Å²) in [6, 6.07) is 0.218. The predicted molar refractivity (Wildman–Crippen MR) is 128 cm³/mol. The number of nitrogens with zero attached hydrogens (tertiary/aromatic N) is 1. The van der Waals surface area contributed by atoms with Crippen molar-refractivity contribution in [3.05, 3.63) is 0 Å². The molecule has 1 aliphatic heterocycles. The molecule has 1 rings (SSSR count). The molecule has 1 atom stereocenters. The van der Waals surface area contributed by atoms with Gasteiger partial charge in [0.05, 0.1) is 12.6 Å². The zero-order valence-electron chi connectivity index (χ0n) is 21.9. The summed E-state index contributed by atoms with van der Waals surface area (Å²) in [5.41, 5.74) is -0.507. The van der Waals surface area contributed by atoms with Crippen molar-refractivity contribution in [1.82, 2.24) is 10.2 Å². The highest BCUT2D eigenvalue weighted by atomic mass is 16.6. The molecule has 30 heavy (non-hydrogen) atoms. The van der Waals surface area contributed by atoms with Crippen molar-refractivity contribution in [2.75, 3.05) is 27.2 Å². The molecule has 184 valence electrons. The van der Waals surface area contributed by atoms with Crippen LogP contribution >= 0.6 is 0 Å². The van der Waals surface area contributed by atoms with Crippen LogP contribution in [0.4, 0.5) is 4.79 Å². The van der Waals surface area contributed by atoms with Crippen molar-refractivity contribution in [3.63, 3.8) is 0 Å². The smallest absolute Gasteiger partial charge is 0.408 e. The van der Waals surface area contributed by atoms with Gasteiger partial charge in [-0.05, 0) is 53.1 Å². The standard InChI is InChI=1S/C7H13NO3.C6H11NO.C4H10.C3H8.C2H6.CH4O/c1-7(2,3)11-6(10)8-4-5-9;1-7-4-2-3-6(7)5-8;1-4(2)3;1-3-2;2*1-2/h5H,4H2,1-3H3,(H,8,10);5-6H,2-4H2,1H3;4H,1-3H3;3H2,1-2H3;1-2H3;2H,1H3. The molecule has 1 unspecified atom stereocenters. The van der Waals surface area contributed by atoms with Gasteiger partial charge in [-0.1, -0.05) is 54.9 Å². The molecule has 7 heteroatoms. The van der Waals surface area contributed by atoms with E-state index in [0.717, 1.165) is 32.3 Å². The fourth-order valence-electron chi connectivity index (χ4n) is 1.55. The number of hydrogen-bond donors (Lipinski definition) is 2. The Morgan fingerprint density at radius 1 is 1.17 bits per heavy atom. The molecule has 7 nitrogen and oxygen atoms in total. The Bertz CT molecular complexity index is 353. The van der Waals surface area contributed by atoms with Gasteiger partial charge in [0, 0.05) is 7.11 Å². The Balaban J connectivity index is -0.0000000959. The molecule has 1 fully saturated rings. The summed E-state index contributed by atoms with van der Waals surface area (Å²) < 4.78 is 4.83. The van der Waals surface area contributed by atoms with Crippen molar-refractivity contribution in [2.24, 2.45) is 5.92 Å². The summed E-state index contributed by atoms with van der Waals surface area (Å²) in [5.74, 6) is 0.833. The molecule has 1 aliphatic rings. The van der Waals surface area contributed by atoms with Crippen LogP contribution in [0, 0.1) is 5.92 Å². The third-order valence-electron chi connectivity index (χ3n) is 2.46. The first kappa shape index (κ1) is 39.1. The predicted octanol–water partition coefficient (Wildman–Crippen LogP) is 4.70. The summed E-state index contributed by atoms with van der Waals surface area (Å²) >= 11 is 0. The molecule has 1 amide bonds. The monoisotopic (exact) mass is 436 g/mol. The molecule has 0 aromatic carbocycles. The summed E-state index contributed by atoms with van der Waals surface area (Å²) in [4.78, 5) is 32.8. The number of carbonyl (C=O) groups excluding carboxylic acids is 3. The number of nitrogens with one attached hydrogen (secondary N) is 1. The normalized spacial score (nSPS) is 14.3. The molecule has 0 aliphatic carbocycles. The lowest BCUT2D eigenvalue weighted by Gasteiger charge is -2.18. The SMILES string of the molecule is CC.CC(C)(C)OC(=O)NCC=O.CC(C)C.CCC.CN1CCCC1C=O.CO. The van der Waals surface area contributed by atoms with E-state index in [0.29, 0.717) is 6.29 Å². The number of aliphatic hydroxyl groups is 1. The number of alkyl carbamates (subject to hydrolysis) is 1. The number of aldehydes is 2. The van der Waals surface area contributed by atoms with Crippen LogP contribution in [0.2, 0.25) is 0 Å². The highest BCUT2D eigenvalue weighted by molar-refractivity contribution is 5.71. The molecule has 0 spiro atoms. The topological polar surface area (TPSA) is 95.9 Å². The van der Waals surface area contributed by atoms with Crippen LogP contribution in [-0.4, -0.2) is 67.6 Å². The largest absolute Gasteiger partial charge is 0.444 e. The zero-order valence-corrected chi connectivity index (χ0v) is 21.9. The Kier molecular flexibility index (Phi) is 38.7. The van der Waals surface area contributed by atoms with E-state index >= 15 is 0 Å². The number of aliphatic hydroxyl groups excluding tert-OH is 1. The van der Waals surface area contributed by atoms with Gasteiger partial charge < -0.3 is 24.7 Å². The molecule has 1 saturated heterocycles. The maximum absolute atomic E-state index is 10.7. The van der Waals surface area contributed by atoms with Crippen molar-refractivity contribution < 1.29 is 24.2 Å². The molecule has 0 radical (unpaired) electrons. The third kappa shape index (κ3) is 45.3. The maximum atomic E-state index is 10.7. The number of amides is 1. The van der Waals surface area contributed by atoms with Gasteiger partial charge in [0.1, 0.15) is 18.2 Å². The first-order valence-corrected chi connectivity index (χ1v) is 11.0. The van der Waals surface area contributed by atoms with Gasteiger partial charge in [-0.15, -0.1) is 0 Å². The first-order chi connectivity index (χ1) is 13.9. The summed E-state index contributed by atoms with van der Waals surface area (Å²) in [5, 5.41) is 9.26. The van der Waals surface area contributed by atoms with Crippen LogP contribution in [0.3, 0.4) is 0 Å². The zero-order chi connectivity index (χ0) is 25.2. The highest BCUT2D eigenvalue weighted by Gasteiger charge is 2.18. The number of hydrogen-bond acceptors (Lipinski definition) is 6. The van der Waals surface area contributed by atoms with E-state index in [1.807, 2.05) is 20.9 Å². The Morgan fingerprint density at radius 2 is 1.57 bits per heavy atom. The molecule has 1 heterocycles. The fraction of sp³-hybridized carbons (Fsp3) is 0.870. The Labute approximate surface area is 186 Å². The third-order valence-corrected chi connectivity index (χ3v) is 2.46. The van der Waals surface area contributed by atoms with Gasteiger partial charge in [-0.3, -0.25) is 4.90 Å². The maximum Gasteiger partial charge on any atom is 0.408 e. The minimum absolute atomic E-state index is 0.00505. The van der Waals surface area contributed by atoms with Crippen molar-refractivity contribution in [1.29, 1.82) is 0 Å². The quantitative estimate of drug-likeness (QED) is 0.622. The van der Waals surface area contributed by atoms with Crippen molar-refractivity contribution in [2.45, 2.75) is 100 Å². The number of carbonyl (C=O) groups is 3. The minimum Gasteiger partial charge on any atom is -0.444 e. The Morgan fingerprint density at radius 3 is 1.77 bits per heavy atom. The average molecular weight is 437 g/mol. The van der Waals surface area contributed by atoms with Gasteiger partial charge in [0.25, 0.3) is 0 Å². The van der Waals surface area contributed by atoms with Crippen molar-refractivity contribution >= 4 is 18.7 Å². The average Bonchev–Trinajstić information content (AvgIpc) is 3.08. The van der Waals surface area contributed by atoms with Gasteiger partial charge in [-0.25, -0.2) is 4.79 Å². The molecule has 0 saturated carbocycles. The molecule has 0 bridgehead atoms. The number of rotatable bonds is 3. The lowest BCUT2D eigenvalue weighted by atomic mass is 10.2. The highest BCUT2D eigenvalue weighted by Crippen LogP contribution is 2.11. The van der Waals surface area contributed by atoms with Crippen LogP contribution in [0.5, 0.6) is 0 Å². The summed E-state index contributed by atoms with van der Waals surface area (Å²) in [6.45, 7) is 21.1. The lowest BCUT2D eigenvalue weighted by molar-refractivity contribution is -0.111.